The van der Waals surface area contributed by atoms with Gasteiger partial charge in [0.05, 0.1) is 11.4 Å². The molecular formula is C50H35N5. The van der Waals surface area contributed by atoms with Gasteiger partial charge in [-0.05, 0) is 40.0 Å². The molecule has 0 amide bonds. The molecule has 0 saturated heterocycles. The molecule has 0 radical (unpaired) electrons. The zero-order valence-corrected chi connectivity index (χ0v) is 29.9. The molecule has 9 rings (SSSR count). The number of nitrogens with zero attached hydrogens (tertiary/aromatic N) is 3. The molecule has 0 saturated carbocycles. The van der Waals surface area contributed by atoms with Gasteiger partial charge < -0.3 is 5.32 Å². The predicted octanol–water partition coefficient (Wildman–Crippen LogP) is 11.6. The molecular weight excluding hydrogens is 671 g/mol. The summed E-state index contributed by atoms with van der Waals surface area (Å²) in [6.45, 7) is 0. The van der Waals surface area contributed by atoms with E-state index in [0.717, 1.165) is 72.6 Å². The SMILES string of the molecule is N=C(/C(=C1\NC(c2ccc(-c3cccc(-c4nc(-c5ccccc5)nc(-c5ccccc5)n4)c3)cc2)=Cc2ccccc21)c1ccccc1)c1ccccc1. The molecule has 0 fully saturated rings. The van der Waals surface area contributed by atoms with Gasteiger partial charge in [-0.2, -0.15) is 0 Å². The van der Waals surface area contributed by atoms with E-state index >= 15 is 0 Å². The van der Waals surface area contributed by atoms with E-state index in [4.69, 9.17) is 15.0 Å². The second-order valence-electron chi connectivity index (χ2n) is 13.3. The van der Waals surface area contributed by atoms with E-state index in [0.29, 0.717) is 23.2 Å². The molecule has 0 unspecified atom stereocenters. The molecule has 8 aromatic rings. The van der Waals surface area contributed by atoms with Gasteiger partial charge in [-0.1, -0.05) is 188 Å². The van der Waals surface area contributed by atoms with Crippen molar-refractivity contribution in [2.75, 3.05) is 0 Å². The number of rotatable bonds is 8. The largest absolute Gasteiger partial charge is 0.354 e. The summed E-state index contributed by atoms with van der Waals surface area (Å²) in [6.07, 6.45) is 2.19. The highest BCUT2D eigenvalue weighted by Crippen LogP contribution is 2.37. The van der Waals surface area contributed by atoms with E-state index < -0.39 is 0 Å². The van der Waals surface area contributed by atoms with E-state index in [2.05, 4.69) is 96.3 Å². The Bertz CT molecular complexity index is 2650. The highest BCUT2D eigenvalue weighted by molar-refractivity contribution is 6.36. The maximum absolute atomic E-state index is 9.46. The van der Waals surface area contributed by atoms with E-state index in [9.17, 15) is 5.41 Å². The Morgan fingerprint density at radius 3 is 1.49 bits per heavy atom. The van der Waals surface area contributed by atoms with Crippen LogP contribution in [-0.2, 0) is 0 Å². The highest BCUT2D eigenvalue weighted by atomic mass is 15.0. The Kier molecular flexibility index (Phi) is 9.01. The average molecular weight is 706 g/mol. The third-order valence-electron chi connectivity index (χ3n) is 9.76. The Morgan fingerprint density at radius 1 is 0.400 bits per heavy atom. The molecule has 0 aliphatic carbocycles. The maximum Gasteiger partial charge on any atom is 0.164 e. The zero-order valence-electron chi connectivity index (χ0n) is 29.9. The van der Waals surface area contributed by atoms with Crippen LogP contribution < -0.4 is 5.32 Å². The molecule has 0 bridgehead atoms. The van der Waals surface area contributed by atoms with Gasteiger partial charge >= 0.3 is 0 Å². The number of allylic oxidation sites excluding steroid dienone is 1. The van der Waals surface area contributed by atoms with Gasteiger partial charge in [0.2, 0.25) is 0 Å². The van der Waals surface area contributed by atoms with Crippen molar-refractivity contribution in [3.8, 4) is 45.3 Å². The van der Waals surface area contributed by atoms with Crippen molar-refractivity contribution in [3.63, 3.8) is 0 Å². The first-order valence-corrected chi connectivity index (χ1v) is 18.3. The van der Waals surface area contributed by atoms with E-state index in [-0.39, 0.29) is 0 Å². The van der Waals surface area contributed by atoms with Crippen molar-refractivity contribution >= 4 is 28.8 Å². The van der Waals surface area contributed by atoms with Gasteiger partial charge in [0.1, 0.15) is 0 Å². The lowest BCUT2D eigenvalue weighted by atomic mass is 9.88. The van der Waals surface area contributed by atoms with Gasteiger partial charge in [0.25, 0.3) is 0 Å². The van der Waals surface area contributed by atoms with Crippen molar-refractivity contribution in [2.24, 2.45) is 0 Å². The van der Waals surface area contributed by atoms with E-state index in [1.54, 1.807) is 0 Å². The van der Waals surface area contributed by atoms with Crippen molar-refractivity contribution in [1.82, 2.24) is 20.3 Å². The molecule has 0 spiro atoms. The van der Waals surface area contributed by atoms with Crippen molar-refractivity contribution in [3.05, 3.63) is 222 Å². The third kappa shape index (κ3) is 6.90. The third-order valence-corrected chi connectivity index (χ3v) is 9.76. The fourth-order valence-electron chi connectivity index (χ4n) is 6.98. The molecule has 1 aromatic heterocycles. The van der Waals surface area contributed by atoms with Crippen LogP contribution in [0.15, 0.2) is 194 Å². The van der Waals surface area contributed by atoms with Crippen LogP contribution in [0.2, 0.25) is 0 Å². The standard InChI is InChI=1S/C50H35N5/c51-46(37-18-7-2-8-19-37)45(36-16-5-1-6-17-36)47-43-27-14-13-24-41(43)33-44(52-47)35-30-28-34(29-31-35)40-25-15-26-42(32-40)50-54-48(38-20-9-3-10-21-38)53-49(55-50)39-22-11-4-12-23-39/h1-33,51-52H/b47-45-,51-46?. The lowest BCUT2D eigenvalue weighted by Gasteiger charge is -2.26. The lowest BCUT2D eigenvalue weighted by molar-refractivity contribution is 1.07. The number of hydrogen-bond donors (Lipinski definition) is 2. The van der Waals surface area contributed by atoms with Crippen molar-refractivity contribution in [2.45, 2.75) is 0 Å². The quantitative estimate of drug-likeness (QED) is 0.154. The minimum atomic E-state index is 0.463. The monoisotopic (exact) mass is 705 g/mol. The van der Waals surface area contributed by atoms with Crippen LogP contribution in [0.1, 0.15) is 27.8 Å². The molecule has 5 nitrogen and oxygen atoms in total. The number of hydrogen-bond acceptors (Lipinski definition) is 5. The first kappa shape index (κ1) is 33.3. The first-order chi connectivity index (χ1) is 27.2. The Hall–Kier alpha value is -7.50. The smallest absolute Gasteiger partial charge is 0.164 e. The van der Waals surface area contributed by atoms with Crippen LogP contribution in [0.5, 0.6) is 0 Å². The van der Waals surface area contributed by atoms with Gasteiger partial charge in [-0.25, -0.2) is 15.0 Å². The number of fused-ring (bicyclic) bond motifs is 1. The molecule has 1 aliphatic heterocycles. The summed E-state index contributed by atoms with van der Waals surface area (Å²) in [5, 5.41) is 13.2. The Balaban J connectivity index is 1.08. The summed E-state index contributed by atoms with van der Waals surface area (Å²) in [4.78, 5) is 14.7. The fourth-order valence-corrected chi connectivity index (χ4v) is 6.98. The highest BCUT2D eigenvalue weighted by Gasteiger charge is 2.23. The summed E-state index contributed by atoms with van der Waals surface area (Å²) in [5.41, 5.74) is 13.2. The summed E-state index contributed by atoms with van der Waals surface area (Å²) in [7, 11) is 0. The molecule has 0 atom stereocenters. The fraction of sp³-hybridized carbons (Fsp3) is 0. The van der Waals surface area contributed by atoms with Crippen molar-refractivity contribution in [1.29, 1.82) is 5.41 Å². The molecule has 2 heterocycles. The van der Waals surface area contributed by atoms with Gasteiger partial charge in [0.15, 0.2) is 17.5 Å². The number of nitrogens with one attached hydrogen (secondary N) is 2. The molecule has 2 N–H and O–H groups in total. The van der Waals surface area contributed by atoms with Crippen molar-refractivity contribution < 1.29 is 0 Å². The second kappa shape index (κ2) is 14.9. The summed E-state index contributed by atoms with van der Waals surface area (Å²) < 4.78 is 0. The summed E-state index contributed by atoms with van der Waals surface area (Å²) >= 11 is 0. The van der Waals surface area contributed by atoms with E-state index in [1.165, 1.54) is 0 Å². The lowest BCUT2D eigenvalue weighted by Crippen LogP contribution is -2.20. The minimum absolute atomic E-state index is 0.463. The molecule has 260 valence electrons. The molecule has 55 heavy (non-hydrogen) atoms. The number of benzene rings is 7. The first-order valence-electron chi connectivity index (χ1n) is 18.3. The average Bonchev–Trinajstić information content (AvgIpc) is 3.27. The van der Waals surface area contributed by atoms with Crippen LogP contribution in [0, 0.1) is 5.41 Å². The predicted molar refractivity (Wildman–Crippen MR) is 226 cm³/mol. The van der Waals surface area contributed by atoms with Gasteiger partial charge in [-0.15, -0.1) is 0 Å². The Labute approximate surface area is 320 Å². The summed E-state index contributed by atoms with van der Waals surface area (Å²) in [5.74, 6) is 1.89. The summed E-state index contributed by atoms with van der Waals surface area (Å²) in [6, 6.07) is 65.6. The molecule has 1 aliphatic rings. The maximum atomic E-state index is 9.46. The molecule has 7 aromatic carbocycles. The van der Waals surface area contributed by atoms with Crippen LogP contribution in [-0.4, -0.2) is 20.7 Å². The van der Waals surface area contributed by atoms with Crippen LogP contribution in [0.4, 0.5) is 0 Å². The zero-order chi connectivity index (χ0) is 37.0. The van der Waals surface area contributed by atoms with Crippen LogP contribution >= 0.6 is 0 Å². The van der Waals surface area contributed by atoms with Gasteiger partial charge in [0, 0.05) is 39.1 Å². The molecule has 5 heteroatoms. The topological polar surface area (TPSA) is 74.6 Å². The Morgan fingerprint density at radius 2 is 0.873 bits per heavy atom. The normalized spacial score (nSPS) is 12.9. The van der Waals surface area contributed by atoms with Gasteiger partial charge in [-0.3, -0.25) is 5.41 Å². The second-order valence-corrected chi connectivity index (χ2v) is 13.3. The minimum Gasteiger partial charge on any atom is -0.354 e. The van der Waals surface area contributed by atoms with Crippen LogP contribution in [0.25, 0.3) is 68.3 Å². The van der Waals surface area contributed by atoms with Crippen LogP contribution in [0.3, 0.4) is 0 Å². The van der Waals surface area contributed by atoms with E-state index in [1.807, 2.05) is 109 Å². The number of aromatic nitrogens is 3.